The van der Waals surface area contributed by atoms with E-state index in [1.165, 1.54) is 5.56 Å². The monoisotopic (exact) mass is 313 g/mol. The molecule has 1 aliphatic heterocycles. The maximum Gasteiger partial charge on any atom is 0.254 e. The lowest BCUT2D eigenvalue weighted by Crippen LogP contribution is -2.36. The van der Waals surface area contributed by atoms with E-state index in [2.05, 4.69) is 24.3 Å². The van der Waals surface area contributed by atoms with Gasteiger partial charge >= 0.3 is 0 Å². The number of nitrogens with zero attached hydrogens (tertiary/aromatic N) is 1. The average molecular weight is 314 g/mol. The Morgan fingerprint density at radius 3 is 2.45 bits per heavy atom. The van der Waals surface area contributed by atoms with Crippen LogP contribution in [0.4, 0.5) is 0 Å². The summed E-state index contributed by atoms with van der Waals surface area (Å²) >= 11 is 6.12. The maximum atomic E-state index is 12.8. The zero-order valence-corrected chi connectivity index (χ0v) is 13.5. The molecule has 0 N–H and O–H groups in total. The molecule has 0 saturated carbocycles. The van der Waals surface area contributed by atoms with Gasteiger partial charge in [-0.05, 0) is 31.0 Å². The Balaban J connectivity index is 1.80. The average Bonchev–Trinajstić information content (AvgIpc) is 3.00. The molecule has 3 heteroatoms. The molecule has 2 atom stereocenters. The highest BCUT2D eigenvalue weighted by Crippen LogP contribution is 2.33. The van der Waals surface area contributed by atoms with Crippen LogP contribution in [-0.2, 0) is 0 Å². The van der Waals surface area contributed by atoms with Gasteiger partial charge in [0.15, 0.2) is 0 Å². The number of carbonyl (C=O) groups is 1. The first-order valence-corrected chi connectivity index (χ1v) is 8.21. The molecule has 3 rings (SSSR count). The van der Waals surface area contributed by atoms with Crippen molar-refractivity contribution in [2.45, 2.75) is 25.3 Å². The number of hydrogen-bond acceptors (Lipinski definition) is 1. The zero-order valence-electron chi connectivity index (χ0n) is 12.7. The predicted octanol–water partition coefficient (Wildman–Crippen LogP) is 4.23. The number of aryl methyl sites for hydroxylation is 1. The van der Waals surface area contributed by atoms with Crippen LogP contribution < -0.4 is 0 Å². The standard InChI is InChI=1S/C19H20ClNO/c1-14-7-9-16(10-8-14)19(22)21-13-17(11-18(21)12-20)15-5-3-2-4-6-15/h2-10,17-18H,11-13H2,1H3. The molecular formula is C19H20ClNO. The molecule has 1 aliphatic rings. The van der Waals surface area contributed by atoms with Gasteiger partial charge in [0.2, 0.25) is 0 Å². The van der Waals surface area contributed by atoms with Crippen molar-refractivity contribution in [3.05, 3.63) is 71.3 Å². The summed E-state index contributed by atoms with van der Waals surface area (Å²) in [6, 6.07) is 18.3. The van der Waals surface area contributed by atoms with Crippen molar-refractivity contribution >= 4 is 17.5 Å². The minimum absolute atomic E-state index is 0.0871. The molecule has 114 valence electrons. The third kappa shape index (κ3) is 3.02. The maximum absolute atomic E-state index is 12.8. The fourth-order valence-corrected chi connectivity index (χ4v) is 3.43. The van der Waals surface area contributed by atoms with E-state index in [0.717, 1.165) is 24.1 Å². The second-order valence-electron chi connectivity index (χ2n) is 5.97. The largest absolute Gasteiger partial charge is 0.334 e. The molecule has 2 aromatic rings. The van der Waals surface area contributed by atoms with Crippen molar-refractivity contribution in [3.8, 4) is 0 Å². The first-order chi connectivity index (χ1) is 10.7. The number of halogens is 1. The van der Waals surface area contributed by atoms with Gasteiger partial charge in [-0.25, -0.2) is 0 Å². The first-order valence-electron chi connectivity index (χ1n) is 7.67. The predicted molar refractivity (Wildman–Crippen MR) is 90.5 cm³/mol. The smallest absolute Gasteiger partial charge is 0.254 e. The lowest BCUT2D eigenvalue weighted by molar-refractivity contribution is 0.0747. The number of amides is 1. The van der Waals surface area contributed by atoms with Gasteiger partial charge in [-0.2, -0.15) is 0 Å². The van der Waals surface area contributed by atoms with Gasteiger partial charge < -0.3 is 4.90 Å². The minimum Gasteiger partial charge on any atom is -0.334 e. The molecule has 2 aromatic carbocycles. The van der Waals surface area contributed by atoms with Gasteiger partial charge in [0.25, 0.3) is 5.91 Å². The van der Waals surface area contributed by atoms with Gasteiger partial charge in [0, 0.05) is 29.9 Å². The molecule has 1 saturated heterocycles. The van der Waals surface area contributed by atoms with Crippen LogP contribution >= 0.6 is 11.6 Å². The molecule has 1 amide bonds. The van der Waals surface area contributed by atoms with Crippen molar-refractivity contribution in [2.24, 2.45) is 0 Å². The molecule has 0 aromatic heterocycles. The number of carbonyl (C=O) groups excluding carboxylic acids is 1. The summed E-state index contributed by atoms with van der Waals surface area (Å²) in [7, 11) is 0. The summed E-state index contributed by atoms with van der Waals surface area (Å²) in [5.74, 6) is 0.949. The molecule has 0 bridgehead atoms. The van der Waals surface area contributed by atoms with Crippen LogP contribution in [0.5, 0.6) is 0 Å². The van der Waals surface area contributed by atoms with Crippen LogP contribution in [0.15, 0.2) is 54.6 Å². The summed E-state index contributed by atoms with van der Waals surface area (Å²) < 4.78 is 0. The van der Waals surface area contributed by atoms with Crippen LogP contribution in [0.3, 0.4) is 0 Å². The van der Waals surface area contributed by atoms with E-state index in [-0.39, 0.29) is 11.9 Å². The quantitative estimate of drug-likeness (QED) is 0.776. The Morgan fingerprint density at radius 1 is 1.14 bits per heavy atom. The van der Waals surface area contributed by atoms with Gasteiger partial charge in [-0.3, -0.25) is 4.79 Å². The molecular weight excluding hydrogens is 294 g/mol. The summed E-state index contributed by atoms with van der Waals surface area (Å²) in [6.07, 6.45) is 0.936. The van der Waals surface area contributed by atoms with Crippen LogP contribution in [0, 0.1) is 6.92 Å². The van der Waals surface area contributed by atoms with Gasteiger partial charge in [0.05, 0.1) is 0 Å². The molecule has 1 heterocycles. The molecule has 22 heavy (non-hydrogen) atoms. The van der Waals surface area contributed by atoms with E-state index in [4.69, 9.17) is 11.6 Å². The van der Waals surface area contributed by atoms with Crippen LogP contribution in [0.1, 0.15) is 33.8 Å². The third-order valence-electron chi connectivity index (χ3n) is 4.42. The highest BCUT2D eigenvalue weighted by Gasteiger charge is 2.35. The second-order valence-corrected chi connectivity index (χ2v) is 6.28. The van der Waals surface area contributed by atoms with Crippen LogP contribution in [-0.4, -0.2) is 29.3 Å². The summed E-state index contributed by atoms with van der Waals surface area (Å²) in [5.41, 5.74) is 3.19. The Hall–Kier alpha value is -1.80. The number of likely N-dealkylation sites (tertiary alicyclic amines) is 1. The van der Waals surface area contributed by atoms with Gasteiger partial charge in [-0.15, -0.1) is 11.6 Å². The lowest BCUT2D eigenvalue weighted by atomic mass is 9.97. The fourth-order valence-electron chi connectivity index (χ4n) is 3.14. The third-order valence-corrected chi connectivity index (χ3v) is 4.78. The highest BCUT2D eigenvalue weighted by atomic mass is 35.5. The van der Waals surface area contributed by atoms with Gasteiger partial charge in [0.1, 0.15) is 0 Å². The molecule has 0 spiro atoms. The molecule has 1 fully saturated rings. The molecule has 0 aliphatic carbocycles. The van der Waals surface area contributed by atoms with E-state index in [1.807, 2.05) is 42.2 Å². The SMILES string of the molecule is Cc1ccc(C(=O)N2CC(c3ccccc3)CC2CCl)cc1. The van der Waals surface area contributed by atoms with Crippen LogP contribution in [0.25, 0.3) is 0 Å². The normalized spacial score (nSPS) is 21.1. The second kappa shape index (κ2) is 6.53. The minimum atomic E-state index is 0.0871. The molecule has 2 nitrogen and oxygen atoms in total. The van der Waals surface area contributed by atoms with Crippen molar-refractivity contribution in [1.29, 1.82) is 0 Å². The lowest BCUT2D eigenvalue weighted by Gasteiger charge is -2.23. The van der Waals surface area contributed by atoms with E-state index < -0.39 is 0 Å². The Morgan fingerprint density at radius 2 is 1.82 bits per heavy atom. The topological polar surface area (TPSA) is 20.3 Å². The van der Waals surface area contributed by atoms with E-state index >= 15 is 0 Å². The summed E-state index contributed by atoms with van der Waals surface area (Å²) in [5, 5.41) is 0. The Labute approximate surface area is 136 Å². The zero-order chi connectivity index (χ0) is 15.5. The Kier molecular flexibility index (Phi) is 4.49. The molecule has 2 unspecified atom stereocenters. The molecule has 0 radical (unpaired) electrons. The number of hydrogen-bond donors (Lipinski definition) is 0. The Bertz CT molecular complexity index is 638. The van der Waals surface area contributed by atoms with E-state index in [0.29, 0.717) is 11.8 Å². The fraction of sp³-hybridized carbons (Fsp3) is 0.316. The number of alkyl halides is 1. The van der Waals surface area contributed by atoms with Crippen molar-refractivity contribution < 1.29 is 4.79 Å². The van der Waals surface area contributed by atoms with Crippen molar-refractivity contribution in [1.82, 2.24) is 4.90 Å². The summed E-state index contributed by atoms with van der Waals surface area (Å²) in [6.45, 7) is 2.77. The highest BCUT2D eigenvalue weighted by molar-refractivity contribution is 6.18. The van der Waals surface area contributed by atoms with Gasteiger partial charge in [-0.1, -0.05) is 48.0 Å². The van der Waals surface area contributed by atoms with E-state index in [9.17, 15) is 4.79 Å². The van der Waals surface area contributed by atoms with E-state index in [1.54, 1.807) is 0 Å². The van der Waals surface area contributed by atoms with Crippen molar-refractivity contribution in [3.63, 3.8) is 0 Å². The number of benzene rings is 2. The summed E-state index contributed by atoms with van der Waals surface area (Å²) in [4.78, 5) is 14.7. The van der Waals surface area contributed by atoms with Crippen molar-refractivity contribution in [2.75, 3.05) is 12.4 Å². The van der Waals surface area contributed by atoms with Crippen LogP contribution in [0.2, 0.25) is 0 Å². The first kappa shape index (κ1) is 15.1. The number of rotatable bonds is 3.